The molecule has 0 saturated carbocycles. The van der Waals surface area contributed by atoms with Crippen LogP contribution in [0.25, 0.3) is 0 Å². The van der Waals surface area contributed by atoms with Crippen molar-refractivity contribution in [3.63, 3.8) is 0 Å². The van der Waals surface area contributed by atoms with Gasteiger partial charge in [-0.1, -0.05) is 20.8 Å². The number of hydrogen-bond donors (Lipinski definition) is 2. The number of hydrogen-bond acceptors (Lipinski definition) is 3. The Kier molecular flexibility index (Phi) is 6.91. The zero-order chi connectivity index (χ0) is 13.9. The number of carbonyl (C=O) groups is 1. The summed E-state index contributed by atoms with van der Waals surface area (Å²) in [4.78, 5) is 12.7. The second-order valence-corrected chi connectivity index (χ2v) is 7.37. The molecular formula is C14H23ClN2OS. The zero-order valence-electron chi connectivity index (χ0n) is 12.1. The summed E-state index contributed by atoms with van der Waals surface area (Å²) in [7, 11) is 0. The number of aryl methyl sites for hydroxylation is 1. The van der Waals surface area contributed by atoms with E-state index in [1.165, 1.54) is 4.90 Å². The van der Waals surface area contributed by atoms with Crippen LogP contribution in [0.5, 0.6) is 0 Å². The van der Waals surface area contributed by atoms with Gasteiger partial charge in [0.05, 0.1) is 6.04 Å². The molecule has 0 bridgehead atoms. The first-order chi connectivity index (χ1) is 8.19. The smallest absolute Gasteiger partial charge is 0.241 e. The van der Waals surface area contributed by atoms with E-state index in [-0.39, 0.29) is 23.1 Å². The Morgan fingerprint density at radius 1 is 1.37 bits per heavy atom. The van der Waals surface area contributed by atoms with E-state index in [1.807, 2.05) is 30.8 Å². The molecule has 0 fully saturated rings. The van der Waals surface area contributed by atoms with Crippen molar-refractivity contribution in [1.82, 2.24) is 0 Å². The maximum absolute atomic E-state index is 11.5. The molecule has 1 aromatic rings. The van der Waals surface area contributed by atoms with Gasteiger partial charge in [-0.2, -0.15) is 0 Å². The summed E-state index contributed by atoms with van der Waals surface area (Å²) in [6.07, 6.45) is 0. The molecule has 0 saturated heterocycles. The number of carbonyl (C=O) groups excluding carboxylic acids is 1. The van der Waals surface area contributed by atoms with Crippen LogP contribution in [-0.4, -0.2) is 16.7 Å². The highest BCUT2D eigenvalue weighted by Gasteiger charge is 2.13. The van der Waals surface area contributed by atoms with Gasteiger partial charge in [0.1, 0.15) is 0 Å². The van der Waals surface area contributed by atoms with E-state index in [1.54, 1.807) is 6.92 Å². The summed E-state index contributed by atoms with van der Waals surface area (Å²) in [6, 6.07) is 5.56. The molecule has 1 rings (SSSR count). The molecule has 0 unspecified atom stereocenters. The number of amides is 1. The van der Waals surface area contributed by atoms with Crippen LogP contribution in [0, 0.1) is 6.92 Å². The third kappa shape index (κ3) is 6.32. The lowest BCUT2D eigenvalue weighted by Crippen LogP contribution is -2.32. The number of nitrogens with two attached hydrogens (primary N) is 1. The molecule has 0 aliphatic carbocycles. The largest absolute Gasteiger partial charge is 0.325 e. The second kappa shape index (κ2) is 7.17. The minimum atomic E-state index is -0.493. The van der Waals surface area contributed by atoms with Crippen LogP contribution < -0.4 is 11.1 Å². The predicted octanol–water partition coefficient (Wildman–Crippen LogP) is 3.59. The van der Waals surface area contributed by atoms with Crippen molar-refractivity contribution in [3.05, 3.63) is 23.8 Å². The third-order valence-electron chi connectivity index (χ3n) is 2.29. The maximum atomic E-state index is 11.5. The molecule has 108 valence electrons. The van der Waals surface area contributed by atoms with E-state index in [0.29, 0.717) is 0 Å². The number of nitrogens with one attached hydrogen (secondary N) is 1. The van der Waals surface area contributed by atoms with E-state index in [4.69, 9.17) is 5.73 Å². The van der Waals surface area contributed by atoms with E-state index < -0.39 is 6.04 Å². The van der Waals surface area contributed by atoms with E-state index in [9.17, 15) is 4.79 Å². The van der Waals surface area contributed by atoms with Gasteiger partial charge in [-0.25, -0.2) is 0 Å². The lowest BCUT2D eigenvalue weighted by atomic mass is 10.2. The summed E-state index contributed by atoms with van der Waals surface area (Å²) in [5.74, 6) is -0.158. The number of benzene rings is 1. The van der Waals surface area contributed by atoms with Gasteiger partial charge < -0.3 is 11.1 Å². The molecule has 3 N–H and O–H groups in total. The Labute approximate surface area is 126 Å². The Morgan fingerprint density at radius 3 is 2.37 bits per heavy atom. The van der Waals surface area contributed by atoms with Crippen molar-refractivity contribution in [3.8, 4) is 0 Å². The molecule has 0 heterocycles. The molecule has 1 atom stereocenters. The van der Waals surface area contributed by atoms with Crippen LogP contribution in [0.1, 0.15) is 33.3 Å². The highest BCUT2D eigenvalue weighted by molar-refractivity contribution is 8.00. The van der Waals surface area contributed by atoms with Crippen LogP contribution in [0.15, 0.2) is 23.1 Å². The molecule has 1 amide bonds. The van der Waals surface area contributed by atoms with Gasteiger partial charge in [0.2, 0.25) is 5.91 Å². The summed E-state index contributed by atoms with van der Waals surface area (Å²) >= 11 is 1.81. The minimum Gasteiger partial charge on any atom is -0.325 e. The van der Waals surface area contributed by atoms with E-state index >= 15 is 0 Å². The summed E-state index contributed by atoms with van der Waals surface area (Å²) in [6.45, 7) is 10.2. The number of thioether (sulfide) groups is 1. The predicted molar refractivity (Wildman–Crippen MR) is 86.3 cm³/mol. The monoisotopic (exact) mass is 302 g/mol. The Hall–Kier alpha value is -0.710. The van der Waals surface area contributed by atoms with Gasteiger partial charge in [0.15, 0.2) is 0 Å². The zero-order valence-corrected chi connectivity index (χ0v) is 13.7. The van der Waals surface area contributed by atoms with Gasteiger partial charge in [-0.15, -0.1) is 24.2 Å². The third-order valence-corrected chi connectivity index (χ3v) is 3.40. The van der Waals surface area contributed by atoms with Gasteiger partial charge in [-0.3, -0.25) is 4.79 Å². The van der Waals surface area contributed by atoms with Crippen molar-refractivity contribution in [2.24, 2.45) is 5.73 Å². The number of halogens is 1. The van der Waals surface area contributed by atoms with Crippen molar-refractivity contribution in [2.45, 2.75) is 50.3 Å². The van der Waals surface area contributed by atoms with Crippen LogP contribution in [0.3, 0.4) is 0 Å². The van der Waals surface area contributed by atoms with Crippen molar-refractivity contribution >= 4 is 35.8 Å². The van der Waals surface area contributed by atoms with Crippen LogP contribution in [0.2, 0.25) is 0 Å². The average molecular weight is 303 g/mol. The molecule has 0 aromatic heterocycles. The highest BCUT2D eigenvalue weighted by Crippen LogP contribution is 2.33. The van der Waals surface area contributed by atoms with Crippen molar-refractivity contribution in [2.75, 3.05) is 5.32 Å². The summed E-state index contributed by atoms with van der Waals surface area (Å²) in [5.41, 5.74) is 7.41. The first-order valence-electron chi connectivity index (χ1n) is 6.05. The van der Waals surface area contributed by atoms with Crippen molar-refractivity contribution in [1.29, 1.82) is 0 Å². The number of rotatable bonds is 3. The van der Waals surface area contributed by atoms with Crippen LogP contribution in [-0.2, 0) is 4.79 Å². The minimum absolute atomic E-state index is 0. The Balaban J connectivity index is 0.00000324. The Morgan fingerprint density at radius 2 is 1.95 bits per heavy atom. The standard InChI is InChI=1S/C14H22N2OS.ClH/c1-9-8-11(18-14(3,4)5)6-7-12(9)16-13(17)10(2)15;/h6-8,10H,15H2,1-5H3,(H,16,17);1H/t10-;/m1./s1. The normalized spacial score (nSPS) is 12.5. The number of anilines is 1. The lowest BCUT2D eigenvalue weighted by Gasteiger charge is -2.18. The van der Waals surface area contributed by atoms with Gasteiger partial charge in [0.25, 0.3) is 0 Å². The highest BCUT2D eigenvalue weighted by atomic mass is 35.5. The van der Waals surface area contributed by atoms with Gasteiger partial charge >= 0.3 is 0 Å². The lowest BCUT2D eigenvalue weighted by molar-refractivity contribution is -0.117. The SMILES string of the molecule is Cc1cc(SC(C)(C)C)ccc1NC(=O)[C@@H](C)N.Cl. The average Bonchev–Trinajstić information content (AvgIpc) is 2.19. The summed E-state index contributed by atoms with van der Waals surface area (Å²) < 4.78 is 0.184. The molecule has 0 spiro atoms. The van der Waals surface area contributed by atoms with Crippen LogP contribution in [0.4, 0.5) is 5.69 Å². The first-order valence-corrected chi connectivity index (χ1v) is 6.87. The molecular weight excluding hydrogens is 280 g/mol. The topological polar surface area (TPSA) is 55.1 Å². The fraction of sp³-hybridized carbons (Fsp3) is 0.500. The van der Waals surface area contributed by atoms with E-state index in [2.05, 4.69) is 32.2 Å². The molecule has 0 aliphatic rings. The molecule has 0 radical (unpaired) electrons. The molecule has 3 nitrogen and oxygen atoms in total. The Bertz CT molecular complexity index is 442. The molecule has 0 aliphatic heterocycles. The molecule has 1 aromatic carbocycles. The van der Waals surface area contributed by atoms with Crippen molar-refractivity contribution < 1.29 is 4.79 Å². The van der Waals surface area contributed by atoms with Crippen LogP contribution >= 0.6 is 24.2 Å². The molecule has 5 heteroatoms. The maximum Gasteiger partial charge on any atom is 0.241 e. The second-order valence-electron chi connectivity index (χ2n) is 5.47. The van der Waals surface area contributed by atoms with E-state index in [0.717, 1.165) is 11.3 Å². The quantitative estimate of drug-likeness (QED) is 0.839. The summed E-state index contributed by atoms with van der Waals surface area (Å²) in [5, 5.41) is 2.83. The molecule has 19 heavy (non-hydrogen) atoms. The van der Waals surface area contributed by atoms with Gasteiger partial charge in [0, 0.05) is 15.3 Å². The first kappa shape index (κ1) is 18.3. The fourth-order valence-corrected chi connectivity index (χ4v) is 2.52. The van der Waals surface area contributed by atoms with Gasteiger partial charge in [-0.05, 0) is 37.6 Å². The fourth-order valence-electron chi connectivity index (χ4n) is 1.44.